The number of nitrogens with one attached hydrogen (secondary N) is 2. The minimum Gasteiger partial charge on any atom is -0.494 e. The van der Waals surface area contributed by atoms with E-state index in [-0.39, 0.29) is 25.1 Å². The van der Waals surface area contributed by atoms with Crippen LogP contribution in [0.5, 0.6) is 5.75 Å². The third kappa shape index (κ3) is 11.2. The molecule has 2 aliphatic carbocycles. The predicted molar refractivity (Wildman–Crippen MR) is 227 cm³/mol. The van der Waals surface area contributed by atoms with Crippen LogP contribution >= 0.6 is 11.8 Å². The summed E-state index contributed by atoms with van der Waals surface area (Å²) < 4.78 is 33.0. The average molecular weight is 851 g/mol. The molecule has 1 aromatic rings. The average Bonchev–Trinajstić information content (AvgIpc) is 3.98. The number of ether oxygens (including phenoxy) is 1. The fraction of sp³-hybridized carbons (Fsp3) is 0.500. The van der Waals surface area contributed by atoms with Crippen molar-refractivity contribution in [1.82, 2.24) is 14.9 Å². The van der Waals surface area contributed by atoms with E-state index in [1.54, 1.807) is 43.3 Å². The molecule has 2 aliphatic heterocycles. The van der Waals surface area contributed by atoms with Gasteiger partial charge in [-0.15, -0.1) is 0 Å². The molecule has 0 unspecified atom stereocenters. The molecule has 5 atom stereocenters. The standard InChI is InChI=1S/C42H54N6O9S2/c1-5-32(28-13-12-15-30(24-28)57-21-10-7-8-16-35(49)50)45-33(6-2)37(51)44-25-27-23-34-38(52)46-42(40(54)47-59(55,56)31-17-18-31)20-19-29(42)14-9-11-22-58-41(3,4)36(43)39(53)48(34)26-27/h5-6,9,12-15,19-20,24-25,27,29,31,34,36H,1,7-8,10-11,16-18,21-23,26,43H2,2-4H3,(H,46,52)(H,47,54)(H,49,50)/b14-9+,33-6-,44-25?,45-32?/t27-,29+,34-,36+,42+/m0/s1. The quantitative estimate of drug-likeness (QED) is 0.0858. The van der Waals surface area contributed by atoms with Gasteiger partial charge in [-0.05, 0) is 89.7 Å². The maximum Gasteiger partial charge on any atom is 0.303 e. The van der Waals surface area contributed by atoms with Crippen molar-refractivity contribution in [2.75, 3.05) is 18.9 Å². The third-order valence-corrected chi connectivity index (χ3v) is 14.1. The summed E-state index contributed by atoms with van der Waals surface area (Å²) in [5, 5.41) is 11.0. The van der Waals surface area contributed by atoms with E-state index >= 15 is 0 Å². The van der Waals surface area contributed by atoms with E-state index in [1.165, 1.54) is 41.1 Å². The highest BCUT2D eigenvalue weighted by Crippen LogP contribution is 2.37. The van der Waals surface area contributed by atoms with Crippen LogP contribution in [0.4, 0.5) is 0 Å². The number of hydrogen-bond acceptors (Lipinski definition) is 11. The van der Waals surface area contributed by atoms with Crippen LogP contribution in [0.1, 0.15) is 77.7 Å². The largest absolute Gasteiger partial charge is 0.494 e. The first-order valence-electron chi connectivity index (χ1n) is 19.9. The highest BCUT2D eigenvalue weighted by molar-refractivity contribution is 8.00. The number of carboxylic acid groups (broad SMARTS) is 1. The monoisotopic (exact) mass is 850 g/mol. The number of allylic oxidation sites excluding steroid dienone is 3. The fourth-order valence-electron chi connectivity index (χ4n) is 6.98. The number of amides is 4. The molecule has 1 saturated heterocycles. The minimum absolute atomic E-state index is 0.00920. The molecule has 1 saturated carbocycles. The lowest BCUT2D eigenvalue weighted by atomic mass is 9.73. The van der Waals surface area contributed by atoms with Crippen molar-refractivity contribution in [3.05, 3.63) is 78.6 Å². The van der Waals surface area contributed by atoms with Crippen LogP contribution < -0.4 is 20.5 Å². The number of unbranched alkanes of at least 4 members (excludes halogenated alkanes) is 2. The molecule has 5 N–H and O–H groups in total. The number of aliphatic carboxylic acids is 1. The molecule has 1 aromatic carbocycles. The molecule has 2 heterocycles. The number of hydrogen-bond donors (Lipinski definition) is 4. The van der Waals surface area contributed by atoms with Gasteiger partial charge >= 0.3 is 5.97 Å². The van der Waals surface area contributed by atoms with Crippen LogP contribution in [-0.2, 0) is 34.0 Å². The number of nitrogens with two attached hydrogens (primary N) is 1. The van der Waals surface area contributed by atoms with Gasteiger partial charge in [0.25, 0.3) is 11.8 Å². The zero-order valence-corrected chi connectivity index (χ0v) is 35.3. The van der Waals surface area contributed by atoms with Gasteiger partial charge in [0.1, 0.15) is 23.0 Å². The Balaban J connectivity index is 1.34. The minimum atomic E-state index is -3.94. The van der Waals surface area contributed by atoms with Crippen LogP contribution in [0.3, 0.4) is 0 Å². The van der Waals surface area contributed by atoms with Gasteiger partial charge in [0.05, 0.1) is 23.6 Å². The molecular weight excluding hydrogens is 797 g/mol. The lowest BCUT2D eigenvalue weighted by Gasteiger charge is -2.42. The lowest BCUT2D eigenvalue weighted by molar-refractivity contribution is -0.141. The normalized spacial score (nSPS) is 26.8. The van der Waals surface area contributed by atoms with Gasteiger partial charge in [-0.25, -0.2) is 18.4 Å². The third-order valence-electron chi connectivity index (χ3n) is 10.8. The first-order chi connectivity index (χ1) is 28.0. The van der Waals surface area contributed by atoms with Gasteiger partial charge in [-0.2, -0.15) is 11.8 Å². The molecule has 318 valence electrons. The zero-order chi connectivity index (χ0) is 43.0. The summed E-state index contributed by atoms with van der Waals surface area (Å²) in [6.07, 6.45) is 14.9. The van der Waals surface area contributed by atoms with Crippen molar-refractivity contribution in [2.45, 2.75) is 99.8 Å². The highest BCUT2D eigenvalue weighted by atomic mass is 32.2. The van der Waals surface area contributed by atoms with Crippen LogP contribution in [0.15, 0.2) is 83.0 Å². The van der Waals surface area contributed by atoms with Crippen molar-refractivity contribution in [2.24, 2.45) is 27.6 Å². The second-order valence-corrected chi connectivity index (χ2v) is 19.3. The van der Waals surface area contributed by atoms with Gasteiger partial charge in [0.15, 0.2) is 0 Å². The summed E-state index contributed by atoms with van der Waals surface area (Å²) in [5.74, 6) is -3.54. The highest BCUT2D eigenvalue weighted by Gasteiger charge is 2.53. The summed E-state index contributed by atoms with van der Waals surface area (Å²) in [5.41, 5.74) is 5.94. The second kappa shape index (κ2) is 19.5. The number of rotatable bonds is 15. The van der Waals surface area contributed by atoms with Crippen LogP contribution in [0, 0.1) is 11.8 Å². The summed E-state index contributed by atoms with van der Waals surface area (Å²) >= 11 is 1.51. The number of nitrogens with zero attached hydrogens (tertiary/aromatic N) is 3. The second-order valence-electron chi connectivity index (χ2n) is 15.6. The Bertz CT molecular complexity index is 2070. The number of carboxylic acids is 1. The SMILES string of the molecule is C=CC(=N/C(=C\C)C(=O)N=C[C@@H]1C[C@H]2C(=O)N[C@]3(C(=O)NS(=O)(=O)C4CC4)C=C[C@H]3/C=C/CCSC(C)(C)[C@H](N)C(=O)N2C1)c1cccc(OCCCCCC(=O)O)c1. The van der Waals surface area contributed by atoms with E-state index in [4.69, 9.17) is 15.6 Å². The molecule has 59 heavy (non-hydrogen) atoms. The molecule has 17 heteroatoms. The van der Waals surface area contributed by atoms with Crippen molar-refractivity contribution < 1.29 is 42.2 Å². The Morgan fingerprint density at radius 3 is 2.59 bits per heavy atom. The van der Waals surface area contributed by atoms with Crippen molar-refractivity contribution in [3.63, 3.8) is 0 Å². The van der Waals surface area contributed by atoms with Gasteiger partial charge in [0, 0.05) is 41.3 Å². The fourth-order valence-corrected chi connectivity index (χ4v) is 9.39. The summed E-state index contributed by atoms with van der Waals surface area (Å²) in [7, 11) is -3.94. The Morgan fingerprint density at radius 1 is 1.17 bits per heavy atom. The molecule has 0 spiro atoms. The van der Waals surface area contributed by atoms with E-state index in [1.807, 2.05) is 19.9 Å². The van der Waals surface area contributed by atoms with E-state index in [9.17, 15) is 32.4 Å². The lowest BCUT2D eigenvalue weighted by Crippen LogP contribution is -2.67. The van der Waals surface area contributed by atoms with Crippen LogP contribution in [-0.4, -0.2) is 106 Å². The summed E-state index contributed by atoms with van der Waals surface area (Å²) in [4.78, 5) is 76.4. The number of carbonyl (C=O) groups excluding carboxylic acids is 4. The topological polar surface area (TPSA) is 227 Å². The van der Waals surface area contributed by atoms with Gasteiger partial charge in [0.2, 0.25) is 21.8 Å². The predicted octanol–water partition coefficient (Wildman–Crippen LogP) is 3.85. The number of thioether (sulfide) groups is 1. The Morgan fingerprint density at radius 2 is 1.93 bits per heavy atom. The van der Waals surface area contributed by atoms with Gasteiger partial charge < -0.3 is 25.8 Å². The molecular formula is C42H54N6O9S2. The molecule has 0 radical (unpaired) electrons. The summed E-state index contributed by atoms with van der Waals surface area (Å²) in [6.45, 7) is 9.67. The maximum atomic E-state index is 14.2. The van der Waals surface area contributed by atoms with Crippen molar-refractivity contribution >= 4 is 63.3 Å². The number of aliphatic imine (C=N–C) groups is 2. The molecule has 2 fully saturated rings. The van der Waals surface area contributed by atoms with Gasteiger partial charge in [-0.1, -0.05) is 49.1 Å². The molecule has 15 nitrogen and oxygen atoms in total. The molecule has 0 bridgehead atoms. The molecule has 4 amide bonds. The number of sulfonamides is 1. The molecule has 0 aromatic heterocycles. The Kier molecular flexibility index (Phi) is 14.9. The Labute approximate surface area is 349 Å². The Hall–Kier alpha value is -4.87. The zero-order valence-electron chi connectivity index (χ0n) is 33.7. The first kappa shape index (κ1) is 45.2. The van der Waals surface area contributed by atoms with E-state index in [0.29, 0.717) is 61.5 Å². The van der Waals surface area contributed by atoms with Crippen molar-refractivity contribution in [3.8, 4) is 5.75 Å². The summed E-state index contributed by atoms with van der Waals surface area (Å²) in [6, 6.07) is 5.01. The van der Waals surface area contributed by atoms with E-state index in [0.717, 1.165) is 6.42 Å². The van der Waals surface area contributed by atoms with E-state index < -0.39 is 79.1 Å². The van der Waals surface area contributed by atoms with Crippen molar-refractivity contribution in [1.29, 1.82) is 0 Å². The van der Waals surface area contributed by atoms with E-state index in [2.05, 4.69) is 26.6 Å². The number of fused-ring (bicyclic) bond motifs is 2. The smallest absolute Gasteiger partial charge is 0.303 e. The van der Waals surface area contributed by atoms with Crippen LogP contribution in [0.2, 0.25) is 0 Å². The first-order valence-corrected chi connectivity index (χ1v) is 22.4. The van der Waals surface area contributed by atoms with Crippen LogP contribution in [0.25, 0.3) is 0 Å². The molecule has 4 aliphatic rings. The number of benzene rings is 1. The molecule has 5 rings (SSSR count). The maximum absolute atomic E-state index is 14.2. The number of carbonyl (C=O) groups is 5. The van der Waals surface area contributed by atoms with Gasteiger partial charge in [-0.3, -0.25) is 28.7 Å².